The van der Waals surface area contributed by atoms with Crippen molar-refractivity contribution in [3.8, 4) is 22.9 Å². The first-order chi connectivity index (χ1) is 14.4. The molecule has 0 spiro atoms. The Bertz CT molecular complexity index is 1250. The third-order valence-corrected chi connectivity index (χ3v) is 5.35. The third-order valence-electron chi connectivity index (χ3n) is 5.08. The molecule has 0 bridgehead atoms. The summed E-state index contributed by atoms with van der Waals surface area (Å²) in [4.78, 5) is 13.2. The molecule has 3 aromatic heterocycles. The standard InChI is InChI=1S/C20H20BClN6O2/c1-10-14(21)12(24-19(30-3)16(10)29-2)9-28-18-13(17(22)25-20(23)26-18)15(27-28)11-7-5-4-6-8-11/h4-8H,9,21H2,1-3H3,(H2,23,25,26). The SMILES string of the molecule is Bc1c(Cn2nc(-c3ccccc3)c3c(Cl)nc(N)nc32)nc(OC)c(OC)c1C. The number of anilines is 1. The quantitative estimate of drug-likeness (QED) is 0.386. The maximum atomic E-state index is 6.44. The molecular weight excluding hydrogens is 403 g/mol. The highest BCUT2D eigenvalue weighted by Crippen LogP contribution is 2.33. The first-order valence-corrected chi connectivity index (χ1v) is 9.65. The molecule has 152 valence electrons. The fourth-order valence-electron chi connectivity index (χ4n) is 3.43. The molecule has 0 saturated carbocycles. The van der Waals surface area contributed by atoms with Gasteiger partial charge in [-0.1, -0.05) is 47.4 Å². The van der Waals surface area contributed by atoms with Gasteiger partial charge in [-0.05, 0) is 12.5 Å². The van der Waals surface area contributed by atoms with Crippen LogP contribution < -0.4 is 20.7 Å². The number of hydrogen-bond donors (Lipinski definition) is 1. The lowest BCUT2D eigenvalue weighted by atomic mass is 9.89. The van der Waals surface area contributed by atoms with Gasteiger partial charge < -0.3 is 15.2 Å². The van der Waals surface area contributed by atoms with E-state index in [0.29, 0.717) is 34.9 Å². The zero-order valence-electron chi connectivity index (χ0n) is 17.1. The minimum Gasteiger partial charge on any atom is -0.491 e. The van der Waals surface area contributed by atoms with E-state index < -0.39 is 0 Å². The topological polar surface area (TPSA) is 101 Å². The van der Waals surface area contributed by atoms with Gasteiger partial charge in [-0.15, -0.1) is 0 Å². The van der Waals surface area contributed by atoms with Crippen LogP contribution >= 0.6 is 11.6 Å². The molecule has 0 atom stereocenters. The number of aromatic nitrogens is 5. The van der Waals surface area contributed by atoms with Crippen LogP contribution in [0.4, 0.5) is 5.95 Å². The normalized spacial score (nSPS) is 11.1. The lowest BCUT2D eigenvalue weighted by molar-refractivity contribution is 0.340. The molecular formula is C20H20BClN6O2. The van der Waals surface area contributed by atoms with Crippen molar-refractivity contribution in [1.29, 1.82) is 0 Å². The van der Waals surface area contributed by atoms with Gasteiger partial charge >= 0.3 is 0 Å². The number of benzene rings is 1. The molecule has 0 aliphatic carbocycles. The monoisotopic (exact) mass is 422 g/mol. The van der Waals surface area contributed by atoms with Crippen molar-refractivity contribution in [1.82, 2.24) is 24.7 Å². The van der Waals surface area contributed by atoms with Gasteiger partial charge in [0, 0.05) is 5.56 Å². The number of nitrogens with two attached hydrogens (primary N) is 1. The largest absolute Gasteiger partial charge is 0.491 e. The number of fused-ring (bicyclic) bond motifs is 1. The zero-order chi connectivity index (χ0) is 21.4. The van der Waals surface area contributed by atoms with Crippen molar-refractivity contribution in [2.75, 3.05) is 20.0 Å². The molecule has 10 heteroatoms. The minimum absolute atomic E-state index is 0.0847. The number of hydrogen-bond acceptors (Lipinski definition) is 7. The smallest absolute Gasteiger partial charge is 0.257 e. The van der Waals surface area contributed by atoms with Crippen LogP contribution in [-0.4, -0.2) is 46.8 Å². The first-order valence-electron chi connectivity index (χ1n) is 9.27. The molecule has 0 radical (unpaired) electrons. The van der Waals surface area contributed by atoms with E-state index in [9.17, 15) is 0 Å². The highest BCUT2D eigenvalue weighted by Gasteiger charge is 2.21. The number of methoxy groups -OCH3 is 2. The number of halogens is 1. The first kappa shape index (κ1) is 20.0. The lowest BCUT2D eigenvalue weighted by Crippen LogP contribution is -2.21. The molecule has 0 aliphatic rings. The Hall–Kier alpha value is -3.33. The highest BCUT2D eigenvalue weighted by atomic mass is 35.5. The van der Waals surface area contributed by atoms with Gasteiger partial charge in [-0.2, -0.15) is 10.1 Å². The van der Waals surface area contributed by atoms with Gasteiger partial charge in [0.15, 0.2) is 11.4 Å². The Morgan fingerprint density at radius 3 is 2.50 bits per heavy atom. The van der Waals surface area contributed by atoms with E-state index in [4.69, 9.17) is 31.9 Å². The van der Waals surface area contributed by atoms with Gasteiger partial charge in [0.05, 0.1) is 31.8 Å². The van der Waals surface area contributed by atoms with Crippen molar-refractivity contribution < 1.29 is 9.47 Å². The van der Waals surface area contributed by atoms with Crippen molar-refractivity contribution in [2.24, 2.45) is 0 Å². The van der Waals surface area contributed by atoms with E-state index in [-0.39, 0.29) is 11.1 Å². The fraction of sp³-hybridized carbons (Fsp3) is 0.200. The molecule has 4 rings (SSSR count). The molecule has 0 saturated heterocycles. The fourth-order valence-corrected chi connectivity index (χ4v) is 3.69. The second-order valence-corrected chi connectivity index (χ2v) is 7.15. The van der Waals surface area contributed by atoms with Gasteiger partial charge in [-0.25, -0.2) is 14.6 Å². The van der Waals surface area contributed by atoms with Gasteiger partial charge in [0.25, 0.3) is 5.88 Å². The molecule has 2 N–H and O–H groups in total. The maximum Gasteiger partial charge on any atom is 0.257 e. The van der Waals surface area contributed by atoms with Crippen molar-refractivity contribution in [2.45, 2.75) is 13.5 Å². The summed E-state index contributed by atoms with van der Waals surface area (Å²) >= 11 is 6.44. The van der Waals surface area contributed by atoms with E-state index in [1.807, 2.05) is 45.1 Å². The van der Waals surface area contributed by atoms with Crippen LogP contribution in [0.2, 0.25) is 5.15 Å². The Balaban J connectivity index is 1.92. The van der Waals surface area contributed by atoms with Crippen LogP contribution in [-0.2, 0) is 6.54 Å². The van der Waals surface area contributed by atoms with Crippen LogP contribution in [0.25, 0.3) is 22.3 Å². The Kier molecular flexibility index (Phi) is 5.21. The predicted octanol–water partition coefficient (Wildman–Crippen LogP) is 1.76. The van der Waals surface area contributed by atoms with E-state index in [1.165, 1.54) is 0 Å². The van der Waals surface area contributed by atoms with E-state index in [2.05, 4.69) is 15.0 Å². The molecule has 30 heavy (non-hydrogen) atoms. The average Bonchev–Trinajstić information content (AvgIpc) is 3.10. The zero-order valence-corrected chi connectivity index (χ0v) is 17.9. The second kappa shape index (κ2) is 7.83. The number of rotatable bonds is 5. The predicted molar refractivity (Wildman–Crippen MR) is 120 cm³/mol. The summed E-state index contributed by atoms with van der Waals surface area (Å²) in [5.41, 5.74) is 10.7. The van der Waals surface area contributed by atoms with Gasteiger partial charge in [-0.3, -0.25) is 0 Å². The second-order valence-electron chi connectivity index (χ2n) is 6.79. The number of nitrogens with zero attached hydrogens (tertiary/aromatic N) is 5. The summed E-state index contributed by atoms with van der Waals surface area (Å²) in [7, 11) is 5.15. The Morgan fingerprint density at radius 1 is 1.10 bits per heavy atom. The number of pyridine rings is 1. The molecule has 0 unspecified atom stereocenters. The summed E-state index contributed by atoms with van der Waals surface area (Å²) < 4.78 is 12.6. The molecule has 0 fully saturated rings. The van der Waals surface area contributed by atoms with Crippen molar-refractivity contribution in [3.63, 3.8) is 0 Å². The van der Waals surface area contributed by atoms with Crippen LogP contribution in [0.1, 0.15) is 11.3 Å². The highest BCUT2D eigenvalue weighted by molar-refractivity contribution is 6.35. The van der Waals surface area contributed by atoms with Crippen LogP contribution in [0, 0.1) is 6.92 Å². The summed E-state index contributed by atoms with van der Waals surface area (Å²) in [5, 5.41) is 5.69. The van der Waals surface area contributed by atoms with E-state index in [0.717, 1.165) is 22.3 Å². The number of nitrogen functional groups attached to an aromatic ring is 1. The van der Waals surface area contributed by atoms with Crippen LogP contribution in [0.5, 0.6) is 11.6 Å². The summed E-state index contributed by atoms with van der Waals surface area (Å²) in [6.07, 6.45) is 0. The van der Waals surface area contributed by atoms with Crippen LogP contribution in [0.15, 0.2) is 30.3 Å². The molecule has 0 amide bonds. The van der Waals surface area contributed by atoms with E-state index in [1.54, 1.807) is 18.9 Å². The van der Waals surface area contributed by atoms with Crippen molar-refractivity contribution >= 4 is 41.9 Å². The molecule has 8 nitrogen and oxygen atoms in total. The summed E-state index contributed by atoms with van der Waals surface area (Å²) in [6, 6.07) is 9.75. The van der Waals surface area contributed by atoms with Gasteiger partial charge in [0.1, 0.15) is 18.7 Å². The Morgan fingerprint density at radius 2 is 1.83 bits per heavy atom. The molecule has 4 aromatic rings. The van der Waals surface area contributed by atoms with Crippen molar-refractivity contribution in [3.05, 3.63) is 46.7 Å². The Labute approximate surface area is 179 Å². The molecule has 1 aromatic carbocycles. The third kappa shape index (κ3) is 3.31. The lowest BCUT2D eigenvalue weighted by Gasteiger charge is -2.15. The summed E-state index contributed by atoms with van der Waals surface area (Å²) in [6.45, 7) is 2.32. The van der Waals surface area contributed by atoms with Gasteiger partial charge in [0.2, 0.25) is 5.95 Å². The molecule has 3 heterocycles. The number of ether oxygens (including phenoxy) is 2. The minimum atomic E-state index is 0.0847. The van der Waals surface area contributed by atoms with E-state index >= 15 is 0 Å². The average molecular weight is 423 g/mol. The summed E-state index contributed by atoms with van der Waals surface area (Å²) in [5.74, 6) is 1.12. The van der Waals surface area contributed by atoms with Crippen LogP contribution in [0.3, 0.4) is 0 Å². The molecule has 0 aliphatic heterocycles. The maximum absolute atomic E-state index is 6.44.